The van der Waals surface area contributed by atoms with Gasteiger partial charge in [-0.2, -0.15) is 5.26 Å². The maximum absolute atomic E-state index is 13.8. The number of benzene rings is 2. The molecule has 138 valence electrons. The molecule has 1 aliphatic rings. The maximum atomic E-state index is 13.8. The topological polar surface area (TPSA) is 87.2 Å². The number of hydrogen-bond acceptors (Lipinski definition) is 5. The Hall–Kier alpha value is -3.34. The van der Waals surface area contributed by atoms with E-state index in [0.29, 0.717) is 31.6 Å². The molecule has 2 aromatic carbocycles. The summed E-state index contributed by atoms with van der Waals surface area (Å²) >= 11 is 0. The van der Waals surface area contributed by atoms with Crippen molar-refractivity contribution >= 4 is 17.2 Å². The second-order valence-electron chi connectivity index (χ2n) is 6.32. The number of nitro benzene ring substituents is 1. The van der Waals surface area contributed by atoms with Crippen molar-refractivity contribution in [1.29, 1.82) is 5.26 Å². The molecule has 2 aromatic rings. The van der Waals surface area contributed by atoms with Crippen molar-refractivity contribution in [1.82, 2.24) is 0 Å². The molecule has 0 amide bonds. The van der Waals surface area contributed by atoms with Crippen LogP contribution in [0.15, 0.2) is 36.4 Å². The number of piperidine rings is 1. The largest absolute Gasteiger partial charge is 0.366 e. The van der Waals surface area contributed by atoms with Crippen molar-refractivity contribution in [2.24, 2.45) is 5.92 Å². The number of halogens is 2. The highest BCUT2D eigenvalue weighted by Crippen LogP contribution is 2.33. The number of ketones is 1. The Bertz CT molecular complexity index is 948. The summed E-state index contributed by atoms with van der Waals surface area (Å²) < 4.78 is 27.2. The van der Waals surface area contributed by atoms with Gasteiger partial charge in [0.05, 0.1) is 22.1 Å². The Kier molecular flexibility index (Phi) is 5.12. The number of carbonyl (C=O) groups is 1. The van der Waals surface area contributed by atoms with Crippen LogP contribution < -0.4 is 4.90 Å². The zero-order valence-corrected chi connectivity index (χ0v) is 14.2. The zero-order valence-electron chi connectivity index (χ0n) is 14.2. The Morgan fingerprint density at radius 1 is 1.19 bits per heavy atom. The first-order chi connectivity index (χ1) is 12.9. The number of nitriles is 1. The maximum Gasteiger partial charge on any atom is 0.293 e. The van der Waals surface area contributed by atoms with Gasteiger partial charge >= 0.3 is 0 Å². The van der Waals surface area contributed by atoms with E-state index in [0.717, 1.165) is 18.2 Å². The van der Waals surface area contributed by atoms with Crippen molar-refractivity contribution in [3.63, 3.8) is 0 Å². The molecule has 6 nitrogen and oxygen atoms in total. The van der Waals surface area contributed by atoms with Crippen molar-refractivity contribution in [3.05, 3.63) is 69.3 Å². The van der Waals surface area contributed by atoms with E-state index in [-0.39, 0.29) is 16.8 Å². The van der Waals surface area contributed by atoms with Crippen LogP contribution >= 0.6 is 0 Å². The molecule has 1 heterocycles. The Labute approximate surface area is 153 Å². The van der Waals surface area contributed by atoms with E-state index < -0.39 is 28.3 Å². The lowest BCUT2D eigenvalue weighted by Crippen LogP contribution is -2.37. The van der Waals surface area contributed by atoms with Gasteiger partial charge in [-0.3, -0.25) is 14.9 Å². The van der Waals surface area contributed by atoms with Crippen molar-refractivity contribution < 1.29 is 18.5 Å². The summed E-state index contributed by atoms with van der Waals surface area (Å²) in [7, 11) is 0. The third-order valence-corrected chi connectivity index (χ3v) is 4.70. The van der Waals surface area contributed by atoms with Crippen molar-refractivity contribution in [3.8, 4) is 6.07 Å². The molecule has 0 radical (unpaired) electrons. The number of anilines is 1. The average molecular weight is 371 g/mol. The van der Waals surface area contributed by atoms with Gasteiger partial charge in [0, 0.05) is 25.1 Å². The quantitative estimate of drug-likeness (QED) is 0.463. The molecule has 1 aliphatic heterocycles. The fourth-order valence-electron chi connectivity index (χ4n) is 3.30. The van der Waals surface area contributed by atoms with Gasteiger partial charge in [0.1, 0.15) is 17.3 Å². The van der Waals surface area contributed by atoms with E-state index in [9.17, 15) is 23.7 Å². The van der Waals surface area contributed by atoms with E-state index in [1.54, 1.807) is 4.90 Å². The molecule has 0 unspecified atom stereocenters. The standard InChI is InChI=1S/C19H15F2N3O3/c20-14-2-3-16(21)15(10-14)19(25)13-5-7-23(8-6-13)17-4-1-12(11-22)9-18(17)24(26)27/h1-4,9-10,13H,5-8H2. The van der Waals surface area contributed by atoms with Gasteiger partial charge in [-0.1, -0.05) is 0 Å². The minimum atomic E-state index is -0.758. The fourth-order valence-corrected chi connectivity index (χ4v) is 3.30. The normalized spacial score (nSPS) is 14.6. The number of rotatable bonds is 4. The molecule has 27 heavy (non-hydrogen) atoms. The molecular formula is C19H15F2N3O3. The SMILES string of the molecule is N#Cc1ccc(N2CCC(C(=O)c3cc(F)ccc3F)CC2)c([N+](=O)[O-])c1. The van der Waals surface area contributed by atoms with Crippen LogP contribution in [-0.2, 0) is 0 Å². The van der Waals surface area contributed by atoms with Crippen LogP contribution in [0.3, 0.4) is 0 Å². The fraction of sp³-hybridized carbons (Fsp3) is 0.263. The van der Waals surface area contributed by atoms with Crippen molar-refractivity contribution in [2.75, 3.05) is 18.0 Å². The van der Waals surface area contributed by atoms with E-state index >= 15 is 0 Å². The number of Topliss-reactive ketones (excluding diaryl/α,β-unsaturated/α-hetero) is 1. The van der Waals surface area contributed by atoms with E-state index in [1.807, 2.05) is 6.07 Å². The molecule has 0 aromatic heterocycles. The monoisotopic (exact) mass is 371 g/mol. The van der Waals surface area contributed by atoms with Gasteiger partial charge in [0.15, 0.2) is 5.78 Å². The summed E-state index contributed by atoms with van der Waals surface area (Å²) in [5, 5.41) is 20.2. The zero-order chi connectivity index (χ0) is 19.6. The first-order valence-corrected chi connectivity index (χ1v) is 8.33. The van der Waals surface area contributed by atoms with Gasteiger partial charge in [-0.25, -0.2) is 8.78 Å². The summed E-state index contributed by atoms with van der Waals surface area (Å²) in [5.74, 6) is -2.37. The lowest BCUT2D eigenvalue weighted by molar-refractivity contribution is -0.384. The Morgan fingerprint density at radius 2 is 1.89 bits per heavy atom. The predicted molar refractivity (Wildman–Crippen MR) is 93.4 cm³/mol. The third-order valence-electron chi connectivity index (χ3n) is 4.70. The van der Waals surface area contributed by atoms with Gasteiger partial charge in [0.25, 0.3) is 5.69 Å². The van der Waals surface area contributed by atoms with Crippen LogP contribution in [0.1, 0.15) is 28.8 Å². The van der Waals surface area contributed by atoms with Gasteiger partial charge in [0.2, 0.25) is 0 Å². The van der Waals surface area contributed by atoms with Crippen molar-refractivity contribution in [2.45, 2.75) is 12.8 Å². The van der Waals surface area contributed by atoms with Crippen LogP contribution in [0, 0.1) is 39.0 Å². The molecule has 0 spiro atoms. The van der Waals surface area contributed by atoms with E-state index in [4.69, 9.17) is 5.26 Å². The van der Waals surface area contributed by atoms with Gasteiger partial charge < -0.3 is 4.90 Å². The Balaban J connectivity index is 1.76. The molecule has 0 N–H and O–H groups in total. The Morgan fingerprint density at radius 3 is 2.52 bits per heavy atom. The predicted octanol–water partition coefficient (Wildman–Crippen LogP) is 3.84. The molecule has 0 bridgehead atoms. The summed E-state index contributed by atoms with van der Waals surface area (Å²) in [5.41, 5.74) is 0.131. The minimum absolute atomic E-state index is 0.171. The average Bonchev–Trinajstić information content (AvgIpc) is 2.69. The summed E-state index contributed by atoms with van der Waals surface area (Å²) in [6.45, 7) is 0.722. The van der Waals surface area contributed by atoms with E-state index in [1.165, 1.54) is 18.2 Å². The smallest absolute Gasteiger partial charge is 0.293 e. The molecule has 1 saturated heterocycles. The highest BCUT2D eigenvalue weighted by molar-refractivity contribution is 5.98. The number of nitro groups is 1. The first kappa shape index (κ1) is 18.5. The summed E-state index contributed by atoms with van der Waals surface area (Å²) in [4.78, 5) is 25.0. The lowest BCUT2D eigenvalue weighted by atomic mass is 9.88. The highest BCUT2D eigenvalue weighted by Gasteiger charge is 2.30. The van der Waals surface area contributed by atoms with E-state index in [2.05, 4.69) is 0 Å². The molecule has 8 heteroatoms. The lowest BCUT2D eigenvalue weighted by Gasteiger charge is -2.32. The van der Waals surface area contributed by atoms with Crippen LogP contribution in [0.25, 0.3) is 0 Å². The molecule has 0 aliphatic carbocycles. The number of carbonyl (C=O) groups excluding carboxylic acids is 1. The summed E-state index contributed by atoms with van der Waals surface area (Å²) in [6.07, 6.45) is 0.734. The van der Waals surface area contributed by atoms with Gasteiger partial charge in [-0.05, 0) is 43.2 Å². The summed E-state index contributed by atoms with van der Waals surface area (Å²) in [6, 6.07) is 8.89. The van der Waals surface area contributed by atoms with Crippen LogP contribution in [0.5, 0.6) is 0 Å². The number of nitrogens with zero attached hydrogens (tertiary/aromatic N) is 3. The second-order valence-corrected chi connectivity index (χ2v) is 6.32. The second kappa shape index (κ2) is 7.50. The molecule has 1 fully saturated rings. The molecular weight excluding hydrogens is 356 g/mol. The number of hydrogen-bond donors (Lipinski definition) is 0. The van der Waals surface area contributed by atoms with Crippen LogP contribution in [0.4, 0.5) is 20.2 Å². The first-order valence-electron chi connectivity index (χ1n) is 8.33. The highest BCUT2D eigenvalue weighted by atomic mass is 19.1. The molecule has 3 rings (SSSR count). The molecule has 0 atom stereocenters. The molecule has 0 saturated carbocycles. The third kappa shape index (κ3) is 3.77. The van der Waals surface area contributed by atoms with Crippen LogP contribution in [0.2, 0.25) is 0 Å². The minimum Gasteiger partial charge on any atom is -0.366 e. The van der Waals surface area contributed by atoms with Crippen LogP contribution in [-0.4, -0.2) is 23.8 Å². The van der Waals surface area contributed by atoms with Gasteiger partial charge in [-0.15, -0.1) is 0 Å².